The van der Waals surface area contributed by atoms with Gasteiger partial charge in [-0.1, -0.05) is 276 Å². The summed E-state index contributed by atoms with van der Waals surface area (Å²) in [5.41, 5.74) is 0. The van der Waals surface area contributed by atoms with E-state index in [1.165, 1.54) is 250 Å². The van der Waals surface area contributed by atoms with Crippen molar-refractivity contribution < 1.29 is 24.5 Å². The summed E-state index contributed by atoms with van der Waals surface area (Å²) in [6.45, 7) is 4.90. The van der Waals surface area contributed by atoms with Gasteiger partial charge in [0.1, 0.15) is 0 Å². The van der Waals surface area contributed by atoms with E-state index in [0.717, 1.165) is 44.9 Å². The fourth-order valence-corrected chi connectivity index (χ4v) is 9.16. The molecule has 0 aromatic rings. The number of allylic oxidation sites excluding steroid dienone is 3. The Hall–Kier alpha value is -1.66. The molecule has 66 heavy (non-hydrogen) atoms. The fraction of sp³-hybridized carbons (Fsp3) is 0.900. The van der Waals surface area contributed by atoms with Crippen LogP contribution in [0.2, 0.25) is 0 Å². The lowest BCUT2D eigenvalue weighted by molar-refractivity contribution is -0.143. The van der Waals surface area contributed by atoms with Crippen LogP contribution in [0.5, 0.6) is 0 Å². The number of esters is 1. The predicted octanol–water partition coefficient (Wildman–Crippen LogP) is 18.2. The molecule has 6 nitrogen and oxygen atoms in total. The van der Waals surface area contributed by atoms with E-state index in [-0.39, 0.29) is 18.5 Å². The third kappa shape index (κ3) is 51.7. The van der Waals surface area contributed by atoms with Gasteiger partial charge < -0.3 is 20.3 Å². The van der Waals surface area contributed by atoms with E-state index in [1.54, 1.807) is 6.08 Å². The van der Waals surface area contributed by atoms with Crippen LogP contribution in [0.15, 0.2) is 24.3 Å². The van der Waals surface area contributed by atoms with E-state index in [0.29, 0.717) is 19.4 Å². The highest BCUT2D eigenvalue weighted by Gasteiger charge is 2.18. The standard InChI is InChI=1S/C60H115NO5/c1-3-5-7-9-11-13-15-17-19-20-21-25-28-32-36-40-44-48-52-58(63)57(56-62)61-59(64)53-49-45-41-37-33-29-26-22-23-27-31-35-39-43-47-51-55-66-60(65)54-50-46-42-38-34-30-24-18-16-14-12-10-8-6-4-2/h18,24,48,52,57-58,62-63H,3-17,19-23,25-47,49-51,53-56H2,1-2H3,(H,61,64)/b24-18-,52-48+. The van der Waals surface area contributed by atoms with Gasteiger partial charge in [0.2, 0.25) is 5.91 Å². The van der Waals surface area contributed by atoms with Gasteiger partial charge in [0.15, 0.2) is 0 Å². The highest BCUT2D eigenvalue weighted by Crippen LogP contribution is 2.17. The number of rotatable bonds is 55. The molecule has 0 aromatic carbocycles. The van der Waals surface area contributed by atoms with Gasteiger partial charge in [-0.2, -0.15) is 0 Å². The van der Waals surface area contributed by atoms with Crippen LogP contribution in [0, 0.1) is 0 Å². The summed E-state index contributed by atoms with van der Waals surface area (Å²) in [4.78, 5) is 24.5. The Bertz CT molecular complexity index is 1030. The third-order valence-corrected chi connectivity index (χ3v) is 13.7. The number of nitrogens with one attached hydrogen (secondary N) is 1. The summed E-state index contributed by atoms with van der Waals surface area (Å²) in [5, 5.41) is 23.2. The number of aliphatic hydroxyl groups is 2. The molecule has 6 heteroatoms. The number of carbonyl (C=O) groups is 2. The van der Waals surface area contributed by atoms with Crippen molar-refractivity contribution in [2.45, 2.75) is 334 Å². The molecule has 0 saturated carbocycles. The summed E-state index contributed by atoms with van der Waals surface area (Å²) in [6.07, 6.45) is 67.7. The van der Waals surface area contributed by atoms with Crippen LogP contribution in [0.4, 0.5) is 0 Å². The fourth-order valence-electron chi connectivity index (χ4n) is 9.16. The second-order valence-electron chi connectivity index (χ2n) is 20.3. The van der Waals surface area contributed by atoms with Gasteiger partial charge in [0.05, 0.1) is 25.4 Å². The molecule has 0 spiro atoms. The number of aliphatic hydroxyl groups excluding tert-OH is 2. The Labute approximate surface area is 411 Å². The monoisotopic (exact) mass is 930 g/mol. The van der Waals surface area contributed by atoms with E-state index in [2.05, 4.69) is 31.3 Å². The molecular weight excluding hydrogens is 815 g/mol. The molecule has 1 amide bonds. The van der Waals surface area contributed by atoms with Gasteiger partial charge in [0, 0.05) is 12.8 Å². The molecule has 0 radical (unpaired) electrons. The number of ether oxygens (including phenoxy) is 1. The molecule has 0 heterocycles. The van der Waals surface area contributed by atoms with Gasteiger partial charge in [-0.05, 0) is 57.8 Å². The van der Waals surface area contributed by atoms with Crippen LogP contribution in [0.1, 0.15) is 322 Å². The van der Waals surface area contributed by atoms with E-state index < -0.39 is 12.1 Å². The normalized spacial score (nSPS) is 12.7. The SMILES string of the molecule is CCCCCCCC/C=C\CCCCCCCC(=O)OCCCCCCCCCCCCCCCCCCC(=O)NC(CO)C(O)/C=C/CCCCCCCCCCCCCCCCCC. The zero-order valence-electron chi connectivity index (χ0n) is 44.4. The number of amides is 1. The highest BCUT2D eigenvalue weighted by molar-refractivity contribution is 5.76. The number of hydrogen-bond donors (Lipinski definition) is 3. The first-order valence-corrected chi connectivity index (χ1v) is 29.6. The summed E-state index contributed by atoms with van der Waals surface area (Å²) in [5.74, 6) is -0.0782. The van der Waals surface area contributed by atoms with Crippen molar-refractivity contribution in [1.29, 1.82) is 0 Å². The molecule has 0 aliphatic rings. The Morgan fingerprint density at radius 1 is 0.409 bits per heavy atom. The van der Waals surface area contributed by atoms with E-state index in [1.807, 2.05) is 6.08 Å². The van der Waals surface area contributed by atoms with Gasteiger partial charge >= 0.3 is 5.97 Å². The Morgan fingerprint density at radius 2 is 0.712 bits per heavy atom. The van der Waals surface area contributed by atoms with E-state index in [9.17, 15) is 19.8 Å². The molecule has 2 unspecified atom stereocenters. The second kappa shape index (κ2) is 55.9. The van der Waals surface area contributed by atoms with Gasteiger partial charge in [-0.25, -0.2) is 0 Å². The van der Waals surface area contributed by atoms with Crippen LogP contribution in [-0.4, -0.2) is 47.4 Å². The van der Waals surface area contributed by atoms with Gasteiger partial charge in [-0.15, -0.1) is 0 Å². The molecule has 0 saturated heterocycles. The average molecular weight is 931 g/mol. The van der Waals surface area contributed by atoms with Crippen molar-refractivity contribution in [2.24, 2.45) is 0 Å². The molecule has 0 bridgehead atoms. The molecule has 0 aromatic heterocycles. The van der Waals surface area contributed by atoms with Crippen molar-refractivity contribution in [1.82, 2.24) is 5.32 Å². The van der Waals surface area contributed by atoms with Crippen LogP contribution >= 0.6 is 0 Å². The van der Waals surface area contributed by atoms with Crippen LogP contribution in [0.25, 0.3) is 0 Å². The number of hydrogen-bond acceptors (Lipinski definition) is 5. The molecule has 0 aliphatic heterocycles. The lowest BCUT2D eigenvalue weighted by Gasteiger charge is -2.20. The van der Waals surface area contributed by atoms with Crippen molar-refractivity contribution in [3.63, 3.8) is 0 Å². The largest absolute Gasteiger partial charge is 0.466 e. The molecule has 0 rings (SSSR count). The van der Waals surface area contributed by atoms with Crippen molar-refractivity contribution >= 4 is 11.9 Å². The Balaban J connectivity index is 3.45. The zero-order chi connectivity index (χ0) is 47.9. The van der Waals surface area contributed by atoms with Crippen LogP contribution in [-0.2, 0) is 14.3 Å². The molecular formula is C60H115NO5. The van der Waals surface area contributed by atoms with Crippen molar-refractivity contribution in [3.05, 3.63) is 24.3 Å². The molecule has 0 fully saturated rings. The lowest BCUT2D eigenvalue weighted by atomic mass is 10.0. The van der Waals surface area contributed by atoms with Crippen LogP contribution in [0.3, 0.4) is 0 Å². The third-order valence-electron chi connectivity index (χ3n) is 13.7. The number of carbonyl (C=O) groups excluding carboxylic acids is 2. The van der Waals surface area contributed by atoms with Crippen LogP contribution < -0.4 is 5.32 Å². The van der Waals surface area contributed by atoms with Crippen molar-refractivity contribution in [2.75, 3.05) is 13.2 Å². The minimum atomic E-state index is -0.849. The molecule has 390 valence electrons. The second-order valence-corrected chi connectivity index (χ2v) is 20.3. The first-order chi connectivity index (χ1) is 32.5. The quantitative estimate of drug-likeness (QED) is 0.0321. The first-order valence-electron chi connectivity index (χ1n) is 29.6. The highest BCUT2D eigenvalue weighted by atomic mass is 16.5. The summed E-state index contributed by atoms with van der Waals surface area (Å²) in [7, 11) is 0. The minimum Gasteiger partial charge on any atom is -0.466 e. The molecule has 2 atom stereocenters. The maximum absolute atomic E-state index is 12.5. The maximum atomic E-state index is 12.5. The summed E-state index contributed by atoms with van der Waals surface area (Å²) in [6, 6.07) is -0.633. The summed E-state index contributed by atoms with van der Waals surface area (Å²) < 4.78 is 5.47. The smallest absolute Gasteiger partial charge is 0.305 e. The van der Waals surface area contributed by atoms with E-state index in [4.69, 9.17) is 4.74 Å². The van der Waals surface area contributed by atoms with Gasteiger partial charge in [-0.3, -0.25) is 9.59 Å². The predicted molar refractivity (Wildman–Crippen MR) is 287 cm³/mol. The Morgan fingerprint density at radius 3 is 1.08 bits per heavy atom. The summed E-state index contributed by atoms with van der Waals surface area (Å²) >= 11 is 0. The first kappa shape index (κ1) is 64.3. The molecule has 3 N–H and O–H groups in total. The zero-order valence-corrected chi connectivity index (χ0v) is 44.4. The Kier molecular flexibility index (Phi) is 54.5. The average Bonchev–Trinajstić information content (AvgIpc) is 3.32. The van der Waals surface area contributed by atoms with E-state index >= 15 is 0 Å². The van der Waals surface area contributed by atoms with Crippen molar-refractivity contribution in [3.8, 4) is 0 Å². The lowest BCUT2D eigenvalue weighted by Crippen LogP contribution is -2.45. The van der Waals surface area contributed by atoms with Gasteiger partial charge in [0.25, 0.3) is 0 Å². The maximum Gasteiger partial charge on any atom is 0.305 e. The minimum absolute atomic E-state index is 0.00539. The molecule has 0 aliphatic carbocycles. The number of unbranched alkanes of at least 4 members (excludes halogenated alkanes) is 42. The topological polar surface area (TPSA) is 95.9 Å².